The highest BCUT2D eigenvalue weighted by Gasteiger charge is 2.32. The summed E-state index contributed by atoms with van der Waals surface area (Å²) in [5.41, 5.74) is 27.7. The molecule has 0 radical (unpaired) electrons. The number of hydrogen-bond acceptors (Lipinski definition) is 17. The predicted molar refractivity (Wildman–Crippen MR) is 549 cm³/mol. The minimum atomic E-state index is -4.08. The predicted octanol–water partition coefficient (Wildman–Crippen LogP) is 14.9. The van der Waals surface area contributed by atoms with E-state index in [4.69, 9.17) is 29.9 Å². The summed E-state index contributed by atoms with van der Waals surface area (Å²) in [7, 11) is -20.4. The van der Waals surface area contributed by atoms with Gasteiger partial charge in [0.25, 0.3) is 0 Å². The summed E-state index contributed by atoms with van der Waals surface area (Å²) >= 11 is 0. The molecule has 0 atom stereocenters. The average molecular weight is 1980 g/mol. The van der Waals surface area contributed by atoms with Gasteiger partial charge in [-0.2, -0.15) is 0 Å². The van der Waals surface area contributed by atoms with Crippen molar-refractivity contribution in [2.24, 2.45) is 0 Å². The van der Waals surface area contributed by atoms with Crippen LogP contribution in [0.3, 0.4) is 0 Å². The summed E-state index contributed by atoms with van der Waals surface area (Å²) in [6.07, 6.45) is 18.6. The van der Waals surface area contributed by atoms with Crippen LogP contribution in [-0.2, 0) is 48.4 Å². The van der Waals surface area contributed by atoms with Crippen molar-refractivity contribution in [2.75, 3.05) is 12.3 Å². The molecule has 0 amide bonds. The first-order chi connectivity index (χ1) is 68.1. The molecule has 18 aromatic rings. The second kappa shape index (κ2) is 45.1. The minimum Gasteiger partial charge on any atom is -0.390 e. The smallest absolute Gasteiger partial charge is 0.390 e. The lowest BCUT2D eigenvalue weighted by atomic mass is 10.0. The molecule has 0 fully saturated rings. The highest BCUT2D eigenvalue weighted by molar-refractivity contribution is 7.52. The monoisotopic (exact) mass is 1980 g/mol. The Balaban J connectivity index is 0.000000153. The highest BCUT2D eigenvalue weighted by Crippen LogP contribution is 2.39. The van der Waals surface area contributed by atoms with Gasteiger partial charge in [0.1, 0.15) is 18.9 Å². The van der Waals surface area contributed by atoms with Gasteiger partial charge in [-0.1, -0.05) is 237 Å². The molecule has 9 aromatic heterocycles. The maximum absolute atomic E-state index is 11.3. The van der Waals surface area contributed by atoms with Crippen LogP contribution >= 0.6 is 15.2 Å². The Hall–Kier alpha value is -14.3. The summed E-state index contributed by atoms with van der Waals surface area (Å²) in [5.74, 6) is 1.91. The lowest BCUT2D eigenvalue weighted by molar-refractivity contribution is -0.698. The maximum atomic E-state index is 11.3. The second-order valence-electron chi connectivity index (χ2n) is 34.7. The standard InChI is InChI=1S/C38H36N4O6P2.C36H36N4O6Si2.C36H34N4O3Si/c1-27-24-34(16-18-41(27)20-22-49(43,44)45)29-8-12-31(13-9-29)36-26-37(40-38(39-36)33-6-4-3-5-7-33)32-14-10-30(11-15-32)35-17-19-42(28(2)25-35)21-23-50(46,47)48;41-47(42,43)24-22-39-18-14-29(15-19-39)27-6-10-31(11-7-27)34-26-35(38-36(37-34)33-4-2-1-3-5-33)32-12-8-28(9-13-32)30-16-20-40(21-17-30)23-25-48(44,45)46;1-2-39-20-16-29(17-21-39)27-8-12-31(13-9-27)34-26-35(38-36(37-34)33-6-4-3-5-7-33)32-14-10-28(11-15-32)30-18-22-40(23-19-30)24-25-44(41,42)43/h3-19,24-26H,20-23H2,1-2H3,(H2-2,43,44,45,46,47,48);1-21,26,41-46H,22-25H2;3-23,26,41-43H,2,24-25H2,1H3/q;2*+2/p+2. The first-order valence-corrected chi connectivity index (χ1v) is 55.9. The maximum Gasteiger partial charge on any atom is 0.499 e. The Bertz CT molecular complexity index is 7200. The van der Waals surface area contributed by atoms with Crippen LogP contribution in [-0.4, -0.2) is 131 Å². The van der Waals surface area contributed by atoms with Crippen molar-refractivity contribution in [1.29, 1.82) is 0 Å². The van der Waals surface area contributed by atoms with Crippen molar-refractivity contribution in [3.63, 3.8) is 0 Å². The molecule has 0 bridgehead atoms. The third kappa shape index (κ3) is 28.1. The molecule has 27 nitrogen and oxygen atoms in total. The fraction of sp³-hybridized carbons (Fsp3) is 0.127. The molecule has 142 heavy (non-hydrogen) atoms. The van der Waals surface area contributed by atoms with E-state index < -0.39 is 41.6 Å². The van der Waals surface area contributed by atoms with Crippen molar-refractivity contribution >= 4 is 41.6 Å². The average Bonchev–Trinajstić information content (AvgIpc) is 0.796. The highest BCUT2D eigenvalue weighted by atomic mass is 31.2. The fourth-order valence-corrected chi connectivity index (χ4v) is 18.7. The molecule has 32 heteroatoms. The molecule has 0 spiro atoms. The van der Waals surface area contributed by atoms with Crippen molar-refractivity contribution < 1.29 is 99.3 Å². The SMILES string of the molecule is CC[n+]1ccc(-c2ccc(-c3cc(-c4ccc(-c5cc[n+](CC[Si](O)(O)O)cc5)cc4)nc(-c4ccccc4)n3)cc2)cc1.Cc1cc(-c2ccc(-c3cc(-c4ccc(-c5cc[n+](CCP(=O)(O)O)c(C)c5)cc4)nc(-c4ccccc4)n3)cc2)cc[n+]1CCP(=O)(O)O.O[Si](O)(O)CC[n+]1ccc(-c2ccc(-c3cc(-c4ccc(-c5cc[n+](CC[Si](O)(O)O)cc5)cc4)nc(-c4ccccc4)n3)cc2)cc1. The van der Waals surface area contributed by atoms with E-state index in [9.17, 15) is 71.9 Å². The Morgan fingerprint density at radius 3 is 0.613 bits per heavy atom. The zero-order valence-corrected chi connectivity index (χ0v) is 82.9. The molecule has 0 aliphatic heterocycles. The van der Waals surface area contributed by atoms with Crippen LogP contribution in [0.15, 0.2) is 390 Å². The van der Waals surface area contributed by atoms with Gasteiger partial charge in [0.2, 0.25) is 0 Å². The van der Waals surface area contributed by atoms with Gasteiger partial charge in [-0.05, 0) is 91.9 Å². The van der Waals surface area contributed by atoms with Gasteiger partial charge in [0, 0.05) is 137 Å². The summed E-state index contributed by atoms with van der Waals surface area (Å²) in [5, 5.41) is 0. The fourth-order valence-electron chi connectivity index (χ4n) is 16.1. The number of pyridine rings is 6. The van der Waals surface area contributed by atoms with E-state index in [-0.39, 0.29) is 43.5 Å². The van der Waals surface area contributed by atoms with Crippen LogP contribution in [0.25, 0.3) is 168 Å². The van der Waals surface area contributed by atoms with E-state index in [0.29, 0.717) is 37.1 Å². The second-order valence-corrected chi connectivity index (χ2v) is 44.4. The van der Waals surface area contributed by atoms with E-state index in [1.807, 2.05) is 344 Å². The van der Waals surface area contributed by atoms with Crippen LogP contribution in [0.2, 0.25) is 18.1 Å². The van der Waals surface area contributed by atoms with E-state index in [2.05, 4.69) is 84.5 Å². The zero-order chi connectivity index (χ0) is 99.7. The topological polar surface area (TPSA) is 398 Å². The van der Waals surface area contributed by atoms with Crippen molar-refractivity contribution in [1.82, 2.24) is 29.9 Å². The van der Waals surface area contributed by atoms with Gasteiger partial charge in [-0.15, -0.1) is 0 Å². The Morgan fingerprint density at radius 2 is 0.415 bits per heavy atom. The first kappa shape index (κ1) is 101. The lowest BCUT2D eigenvalue weighted by Crippen LogP contribution is -2.42. The molecule has 13 N–H and O–H groups in total. The molecular formula is C110H108N12O15P2Si3+6. The molecule has 0 aliphatic rings. The third-order valence-corrected chi connectivity index (χ3v) is 28.4. The zero-order valence-electron chi connectivity index (χ0n) is 78.1. The van der Waals surface area contributed by atoms with Gasteiger partial charge in [-0.25, -0.2) is 57.3 Å². The molecule has 9 heterocycles. The van der Waals surface area contributed by atoms with E-state index in [1.165, 1.54) is 5.56 Å². The quantitative estimate of drug-likeness (QED) is 0.0109. The van der Waals surface area contributed by atoms with Gasteiger partial charge < -0.3 is 62.7 Å². The van der Waals surface area contributed by atoms with E-state index in [1.54, 1.807) is 9.13 Å². The van der Waals surface area contributed by atoms with Crippen molar-refractivity contribution in [3.8, 4) is 168 Å². The first-order valence-electron chi connectivity index (χ1n) is 46.2. The van der Waals surface area contributed by atoms with E-state index >= 15 is 0 Å². The Morgan fingerprint density at radius 1 is 0.225 bits per heavy atom. The molecule has 0 saturated heterocycles. The number of rotatable bonds is 31. The molecule has 714 valence electrons. The summed E-state index contributed by atoms with van der Waals surface area (Å²) in [4.78, 5) is 150. The Labute approximate surface area is 825 Å². The number of benzene rings is 9. The summed E-state index contributed by atoms with van der Waals surface area (Å²) in [6, 6.07) is 109. The van der Waals surface area contributed by atoms with Crippen LogP contribution in [0.4, 0.5) is 0 Å². The van der Waals surface area contributed by atoms with Gasteiger partial charge in [-0.3, -0.25) is 9.13 Å². The lowest BCUT2D eigenvalue weighted by Gasteiger charge is -2.11. The molecule has 0 unspecified atom stereocenters. The molecule has 18 rings (SSSR count). The number of aromatic nitrogens is 12. The largest absolute Gasteiger partial charge is 0.499 e. The van der Waals surface area contributed by atoms with Crippen LogP contribution in [0.1, 0.15) is 18.3 Å². The van der Waals surface area contributed by atoms with E-state index in [0.717, 1.165) is 163 Å². The van der Waals surface area contributed by atoms with Crippen LogP contribution in [0.5, 0.6) is 0 Å². The normalized spacial score (nSPS) is 11.7. The third-order valence-electron chi connectivity index (χ3n) is 24.2. The summed E-state index contributed by atoms with van der Waals surface area (Å²) in [6.45, 7) is 8.37. The minimum absolute atomic E-state index is 0.0478. The molecule has 0 saturated carbocycles. The van der Waals surface area contributed by atoms with Crippen LogP contribution < -0.4 is 27.4 Å². The van der Waals surface area contributed by atoms with Gasteiger partial charge >= 0.3 is 41.6 Å². The number of hydrogen-bond donors (Lipinski definition) is 13. The van der Waals surface area contributed by atoms with Crippen molar-refractivity contribution in [2.45, 2.75) is 78.2 Å². The Kier molecular flexibility index (Phi) is 32.0. The number of aryl methyl sites for hydroxylation is 8. The van der Waals surface area contributed by atoms with Gasteiger partial charge in [0.05, 0.1) is 52.3 Å². The molecular weight excluding hydrogens is 1880 g/mol. The van der Waals surface area contributed by atoms with Crippen molar-refractivity contribution in [3.05, 3.63) is 401 Å². The van der Waals surface area contributed by atoms with Crippen LogP contribution in [0, 0.1) is 13.8 Å². The molecule has 9 aromatic carbocycles. The van der Waals surface area contributed by atoms with Gasteiger partial charge in [0.15, 0.2) is 124 Å². The molecule has 0 aliphatic carbocycles. The number of nitrogens with zero attached hydrogens (tertiary/aromatic N) is 12. The summed E-state index contributed by atoms with van der Waals surface area (Å²) < 4.78 is 33.9.